The molecule has 0 saturated carbocycles. The van der Waals surface area contributed by atoms with Crippen molar-refractivity contribution in [2.75, 3.05) is 13.1 Å². The molecule has 0 aromatic rings. The van der Waals surface area contributed by atoms with E-state index in [-0.39, 0.29) is 0 Å². The number of hydrogen-bond donors (Lipinski definition) is 1. The molecule has 2 heterocycles. The molecular formula is C13H18N2. The van der Waals surface area contributed by atoms with Crippen LogP contribution in [0.4, 0.5) is 0 Å². The van der Waals surface area contributed by atoms with Crippen LogP contribution in [0.3, 0.4) is 0 Å². The topological polar surface area (TPSA) is 24.4 Å². The largest absolute Gasteiger partial charge is 0.317 e. The summed E-state index contributed by atoms with van der Waals surface area (Å²) in [6.07, 6.45) is 9.87. The molecule has 2 rings (SSSR count). The third kappa shape index (κ3) is 3.19. The van der Waals surface area contributed by atoms with Crippen molar-refractivity contribution < 1.29 is 0 Å². The summed E-state index contributed by atoms with van der Waals surface area (Å²) in [5, 5.41) is 3.39. The van der Waals surface area contributed by atoms with E-state index in [1.807, 2.05) is 19.2 Å². The highest BCUT2D eigenvalue weighted by atomic mass is 14.9. The Balaban J connectivity index is 1.93. The van der Waals surface area contributed by atoms with Gasteiger partial charge in [0.25, 0.3) is 0 Å². The van der Waals surface area contributed by atoms with Crippen molar-refractivity contribution in [2.24, 2.45) is 10.9 Å². The van der Waals surface area contributed by atoms with Gasteiger partial charge in [-0.1, -0.05) is 5.73 Å². The molecule has 0 spiro atoms. The van der Waals surface area contributed by atoms with Crippen LogP contribution >= 0.6 is 0 Å². The summed E-state index contributed by atoms with van der Waals surface area (Å²) in [7, 11) is 0. The highest BCUT2D eigenvalue weighted by molar-refractivity contribution is 5.80. The molecule has 0 aromatic carbocycles. The zero-order valence-electron chi connectivity index (χ0n) is 9.29. The summed E-state index contributed by atoms with van der Waals surface area (Å²) in [4.78, 5) is 4.34. The number of rotatable bonds is 2. The van der Waals surface area contributed by atoms with Gasteiger partial charge in [0.1, 0.15) is 0 Å². The summed E-state index contributed by atoms with van der Waals surface area (Å²) < 4.78 is 0. The number of nitrogens with one attached hydrogen (secondary N) is 1. The van der Waals surface area contributed by atoms with Crippen LogP contribution in [0.2, 0.25) is 0 Å². The fourth-order valence-electron chi connectivity index (χ4n) is 2.07. The number of allylic oxidation sites excluding steroid dienone is 3. The van der Waals surface area contributed by atoms with Crippen LogP contribution in [-0.2, 0) is 0 Å². The number of hydrogen-bond acceptors (Lipinski definition) is 2. The van der Waals surface area contributed by atoms with Crippen LogP contribution in [0.15, 0.2) is 34.1 Å². The van der Waals surface area contributed by atoms with Gasteiger partial charge in [0.15, 0.2) is 0 Å². The first-order valence-electron chi connectivity index (χ1n) is 5.72. The van der Waals surface area contributed by atoms with Crippen LogP contribution < -0.4 is 5.32 Å². The van der Waals surface area contributed by atoms with E-state index in [1.54, 1.807) is 0 Å². The molecule has 2 heteroatoms. The standard InChI is InChI=1S/C13H18N2/c1-11-3-2-4-13(10-15-11)9-12-5-7-14-8-6-12/h2,4,10,12,14H,5-9H2,1H3. The molecule has 0 aromatic heterocycles. The van der Waals surface area contributed by atoms with Gasteiger partial charge >= 0.3 is 0 Å². The SMILES string of the molecule is CC1=C=CC=C(CC2CCNCC2)C=N1. The Labute approximate surface area is 91.5 Å². The number of aliphatic imine (C=N–C) groups is 1. The highest BCUT2D eigenvalue weighted by Gasteiger charge is 2.13. The summed E-state index contributed by atoms with van der Waals surface area (Å²) in [5.41, 5.74) is 5.42. The molecule has 0 radical (unpaired) electrons. The first-order valence-corrected chi connectivity index (χ1v) is 5.72. The van der Waals surface area contributed by atoms with Gasteiger partial charge in [0.05, 0.1) is 5.70 Å². The van der Waals surface area contributed by atoms with Gasteiger partial charge in [-0.05, 0) is 62.9 Å². The average molecular weight is 202 g/mol. The number of piperidine rings is 1. The quantitative estimate of drug-likeness (QED) is 0.683. The minimum Gasteiger partial charge on any atom is -0.317 e. The Hall–Kier alpha value is -1.11. The summed E-state index contributed by atoms with van der Waals surface area (Å²) in [5.74, 6) is 0.829. The second-order valence-corrected chi connectivity index (χ2v) is 4.29. The van der Waals surface area contributed by atoms with E-state index in [2.05, 4.69) is 22.1 Å². The highest BCUT2D eigenvalue weighted by Crippen LogP contribution is 2.20. The molecule has 15 heavy (non-hydrogen) atoms. The molecule has 1 N–H and O–H groups in total. The molecule has 0 unspecified atom stereocenters. The summed E-state index contributed by atoms with van der Waals surface area (Å²) >= 11 is 0. The van der Waals surface area contributed by atoms with Crippen molar-refractivity contribution >= 4 is 6.21 Å². The molecule has 0 aliphatic carbocycles. The Bertz CT molecular complexity index is 338. The van der Waals surface area contributed by atoms with Gasteiger partial charge in [-0.25, -0.2) is 0 Å². The first-order chi connectivity index (χ1) is 7.34. The van der Waals surface area contributed by atoms with Gasteiger partial charge in [0.2, 0.25) is 0 Å². The smallest absolute Gasteiger partial charge is 0.0789 e. The monoisotopic (exact) mass is 202 g/mol. The summed E-state index contributed by atoms with van der Waals surface area (Å²) in [6, 6.07) is 0. The number of nitrogens with zero attached hydrogens (tertiary/aromatic N) is 1. The lowest BCUT2D eigenvalue weighted by Gasteiger charge is -2.22. The lowest BCUT2D eigenvalue weighted by molar-refractivity contribution is 0.375. The lowest BCUT2D eigenvalue weighted by atomic mass is 9.91. The van der Waals surface area contributed by atoms with Crippen LogP contribution in [0.25, 0.3) is 0 Å². The van der Waals surface area contributed by atoms with Crippen molar-refractivity contribution in [3.63, 3.8) is 0 Å². The Kier molecular flexibility index (Phi) is 3.54. The predicted molar refractivity (Wildman–Crippen MR) is 64.1 cm³/mol. The van der Waals surface area contributed by atoms with E-state index < -0.39 is 0 Å². The van der Waals surface area contributed by atoms with E-state index in [0.29, 0.717) is 0 Å². The molecule has 1 saturated heterocycles. The molecule has 1 fully saturated rings. The molecule has 0 amide bonds. The van der Waals surface area contributed by atoms with Crippen LogP contribution in [0.5, 0.6) is 0 Å². The van der Waals surface area contributed by atoms with E-state index in [9.17, 15) is 0 Å². The average Bonchev–Trinajstić information content (AvgIpc) is 2.46. The summed E-state index contributed by atoms with van der Waals surface area (Å²) in [6.45, 7) is 4.32. The van der Waals surface area contributed by atoms with Crippen LogP contribution in [-0.4, -0.2) is 19.3 Å². The predicted octanol–water partition coefficient (Wildman–Crippen LogP) is 2.45. The minimum atomic E-state index is 0.829. The molecule has 0 atom stereocenters. The van der Waals surface area contributed by atoms with Gasteiger partial charge in [-0.3, -0.25) is 4.99 Å². The Morgan fingerprint density at radius 1 is 1.47 bits per heavy atom. The van der Waals surface area contributed by atoms with Gasteiger partial charge in [-0.2, -0.15) is 0 Å². The maximum Gasteiger partial charge on any atom is 0.0789 e. The molecule has 80 valence electrons. The molecular weight excluding hydrogens is 184 g/mol. The van der Waals surface area contributed by atoms with Gasteiger partial charge in [-0.15, -0.1) is 0 Å². The lowest BCUT2D eigenvalue weighted by Crippen LogP contribution is -2.27. The van der Waals surface area contributed by atoms with E-state index >= 15 is 0 Å². The normalized spacial score (nSPS) is 22.2. The van der Waals surface area contributed by atoms with E-state index in [0.717, 1.165) is 18.0 Å². The van der Waals surface area contributed by atoms with E-state index in [4.69, 9.17) is 0 Å². The van der Waals surface area contributed by atoms with Crippen molar-refractivity contribution in [2.45, 2.75) is 26.2 Å². The molecule has 2 aliphatic heterocycles. The maximum atomic E-state index is 4.34. The van der Waals surface area contributed by atoms with Crippen LogP contribution in [0, 0.1) is 5.92 Å². The fraction of sp³-hybridized carbons (Fsp3) is 0.538. The Morgan fingerprint density at radius 3 is 3.07 bits per heavy atom. The molecule has 0 bridgehead atoms. The molecule has 2 aliphatic rings. The fourth-order valence-corrected chi connectivity index (χ4v) is 2.07. The minimum absolute atomic E-state index is 0.829. The van der Waals surface area contributed by atoms with Crippen LogP contribution in [0.1, 0.15) is 26.2 Å². The third-order valence-corrected chi connectivity index (χ3v) is 3.00. The second kappa shape index (κ2) is 5.11. The van der Waals surface area contributed by atoms with Gasteiger partial charge < -0.3 is 5.32 Å². The maximum absolute atomic E-state index is 4.34. The zero-order chi connectivity index (χ0) is 10.5. The van der Waals surface area contributed by atoms with Crippen molar-refractivity contribution in [3.8, 4) is 0 Å². The molecule has 2 nitrogen and oxygen atoms in total. The van der Waals surface area contributed by atoms with E-state index in [1.165, 1.54) is 31.5 Å². The zero-order valence-corrected chi connectivity index (χ0v) is 9.29. The first kappa shape index (κ1) is 10.4. The van der Waals surface area contributed by atoms with Crippen molar-refractivity contribution in [1.29, 1.82) is 0 Å². The third-order valence-electron chi connectivity index (χ3n) is 3.00. The van der Waals surface area contributed by atoms with Crippen molar-refractivity contribution in [3.05, 3.63) is 29.2 Å². The van der Waals surface area contributed by atoms with Crippen molar-refractivity contribution in [1.82, 2.24) is 5.32 Å². The Morgan fingerprint density at radius 2 is 2.27 bits per heavy atom. The second-order valence-electron chi connectivity index (χ2n) is 4.29. The van der Waals surface area contributed by atoms with Gasteiger partial charge in [0, 0.05) is 6.21 Å².